The summed E-state index contributed by atoms with van der Waals surface area (Å²) in [5, 5.41) is 13.3. The van der Waals surface area contributed by atoms with Gasteiger partial charge < -0.3 is 10.0 Å². The Labute approximate surface area is 228 Å². The van der Waals surface area contributed by atoms with Crippen LogP contribution in [0.15, 0.2) is 18.6 Å². The molecule has 0 aliphatic heterocycles. The number of aliphatic carboxylic acids is 1. The van der Waals surface area contributed by atoms with Crippen LogP contribution in [0.5, 0.6) is 0 Å². The van der Waals surface area contributed by atoms with Crippen LogP contribution in [-0.2, 0) is 11.0 Å². The van der Waals surface area contributed by atoms with E-state index in [2.05, 4.69) is 10.1 Å². The van der Waals surface area contributed by atoms with Gasteiger partial charge >= 0.3 is 12.1 Å². The van der Waals surface area contributed by atoms with E-state index in [1.165, 1.54) is 12.4 Å². The summed E-state index contributed by atoms with van der Waals surface area (Å²) in [6.07, 6.45) is -0.505. The van der Waals surface area contributed by atoms with E-state index in [0.29, 0.717) is 6.42 Å². The highest BCUT2D eigenvalue weighted by Gasteiger charge is 2.45. The lowest BCUT2D eigenvalue weighted by Gasteiger charge is -2.34. The van der Waals surface area contributed by atoms with Crippen molar-refractivity contribution in [2.45, 2.75) is 65.1 Å². The number of aromatic nitrogens is 3. The molecular weight excluding hydrogens is 548 g/mol. The smallest absolute Gasteiger partial charge is 0.433 e. The molecule has 0 aromatic carbocycles. The van der Waals surface area contributed by atoms with E-state index in [-0.39, 0.29) is 53.8 Å². The summed E-state index contributed by atoms with van der Waals surface area (Å²) in [6.45, 7) is 4.81. The lowest BCUT2D eigenvalue weighted by molar-refractivity contribution is -0.152. The van der Waals surface area contributed by atoms with Gasteiger partial charge in [-0.2, -0.15) is 18.3 Å². The second kappa shape index (κ2) is 11.6. The molecule has 0 spiro atoms. The number of carboxylic acids is 1. The van der Waals surface area contributed by atoms with Crippen molar-refractivity contribution in [2.75, 3.05) is 13.1 Å². The molecule has 1 fully saturated rings. The molecule has 38 heavy (non-hydrogen) atoms. The number of carbonyl (C=O) groups excluding carboxylic acids is 2. The summed E-state index contributed by atoms with van der Waals surface area (Å²) < 4.78 is 43.7. The first-order valence-corrected chi connectivity index (χ1v) is 12.9. The van der Waals surface area contributed by atoms with Crippen LogP contribution in [0.3, 0.4) is 0 Å². The van der Waals surface area contributed by atoms with Crippen LogP contribution in [0.4, 0.5) is 13.2 Å². The Kier molecular flexibility index (Phi) is 9.13. The molecule has 1 aliphatic carbocycles. The standard InChI is InChI=1S/C25H29Cl2F3N4O4/c1-14(2)6-9-33(13-19(35)20-17(26)11-31-12-18(20)27)22(36)16-10-32-34(21(16)25(28,29)30)15-4-7-24(3,8-5-15)23(37)38/h10-12,14-15H,4-9,13H2,1-3H3,(H,37,38)/t15-,24-. The molecule has 1 amide bonds. The Morgan fingerprint density at radius 3 is 2.24 bits per heavy atom. The van der Waals surface area contributed by atoms with Crippen LogP contribution < -0.4 is 0 Å². The number of carbonyl (C=O) groups is 3. The summed E-state index contributed by atoms with van der Waals surface area (Å²) in [4.78, 5) is 43.0. The van der Waals surface area contributed by atoms with Crippen molar-refractivity contribution in [3.8, 4) is 0 Å². The molecule has 2 heterocycles. The van der Waals surface area contributed by atoms with Gasteiger partial charge in [0, 0.05) is 18.9 Å². The predicted octanol–water partition coefficient (Wildman–Crippen LogP) is 6.18. The van der Waals surface area contributed by atoms with Gasteiger partial charge in [0.25, 0.3) is 5.91 Å². The molecule has 0 bridgehead atoms. The highest BCUT2D eigenvalue weighted by molar-refractivity contribution is 6.39. The molecule has 2 aromatic heterocycles. The molecule has 1 saturated carbocycles. The second-order valence-corrected chi connectivity index (χ2v) is 11.1. The zero-order valence-corrected chi connectivity index (χ0v) is 22.7. The third-order valence-electron chi connectivity index (χ3n) is 6.95. The highest BCUT2D eigenvalue weighted by Crippen LogP contribution is 2.43. The van der Waals surface area contributed by atoms with E-state index in [1.54, 1.807) is 6.92 Å². The van der Waals surface area contributed by atoms with Crippen molar-refractivity contribution in [3.63, 3.8) is 0 Å². The number of Topliss-reactive ketones (excluding diaryl/α,β-unsaturated/α-hetero) is 1. The van der Waals surface area contributed by atoms with E-state index >= 15 is 0 Å². The highest BCUT2D eigenvalue weighted by atomic mass is 35.5. The van der Waals surface area contributed by atoms with E-state index in [0.717, 1.165) is 15.8 Å². The Balaban J connectivity index is 1.95. The number of hydrogen-bond acceptors (Lipinski definition) is 5. The maximum absolute atomic E-state index is 14.3. The van der Waals surface area contributed by atoms with Gasteiger partial charge in [-0.15, -0.1) is 0 Å². The van der Waals surface area contributed by atoms with Crippen molar-refractivity contribution in [1.82, 2.24) is 19.7 Å². The van der Waals surface area contributed by atoms with E-state index in [1.807, 2.05) is 13.8 Å². The Morgan fingerprint density at radius 2 is 1.74 bits per heavy atom. The summed E-state index contributed by atoms with van der Waals surface area (Å²) in [5.74, 6) is -2.53. The number of alkyl halides is 3. The summed E-state index contributed by atoms with van der Waals surface area (Å²) in [6, 6.07) is -0.722. The number of ketones is 1. The zero-order valence-electron chi connectivity index (χ0n) is 21.2. The van der Waals surface area contributed by atoms with Gasteiger partial charge in [0.15, 0.2) is 11.5 Å². The van der Waals surface area contributed by atoms with Gasteiger partial charge in [0.1, 0.15) is 0 Å². The van der Waals surface area contributed by atoms with Crippen LogP contribution in [0, 0.1) is 11.3 Å². The number of hydrogen-bond donors (Lipinski definition) is 1. The summed E-state index contributed by atoms with van der Waals surface area (Å²) in [5.41, 5.74) is -2.98. The fourth-order valence-electron chi connectivity index (χ4n) is 4.54. The monoisotopic (exact) mass is 576 g/mol. The predicted molar refractivity (Wildman–Crippen MR) is 134 cm³/mol. The first-order chi connectivity index (χ1) is 17.7. The molecule has 3 rings (SSSR count). The lowest BCUT2D eigenvalue weighted by atomic mass is 9.74. The first kappa shape index (κ1) is 29.9. The molecule has 0 saturated heterocycles. The van der Waals surface area contributed by atoms with E-state index in [9.17, 15) is 32.7 Å². The molecule has 0 unspecified atom stereocenters. The molecule has 208 valence electrons. The van der Waals surface area contributed by atoms with E-state index in [4.69, 9.17) is 23.2 Å². The SMILES string of the molecule is CC(C)CCN(CC(=O)c1c(Cl)cncc1Cl)C(=O)c1cnn([C@H]2CC[C@](C)(C(=O)O)CC2)c1C(F)(F)F. The zero-order chi connectivity index (χ0) is 28.4. The van der Waals surface area contributed by atoms with Crippen molar-refractivity contribution < 1.29 is 32.7 Å². The fraction of sp³-hybridized carbons (Fsp3) is 0.560. The quantitative estimate of drug-likeness (QED) is 0.357. The van der Waals surface area contributed by atoms with Crippen LogP contribution in [-0.4, -0.2) is 55.5 Å². The normalized spacial score (nSPS) is 20.0. The van der Waals surface area contributed by atoms with Gasteiger partial charge in [-0.1, -0.05) is 37.0 Å². The number of amides is 1. The van der Waals surface area contributed by atoms with Crippen molar-refractivity contribution in [2.24, 2.45) is 11.3 Å². The minimum absolute atomic E-state index is 0.0193. The maximum Gasteiger partial charge on any atom is 0.433 e. The van der Waals surface area contributed by atoms with Gasteiger partial charge in [0.2, 0.25) is 0 Å². The fourth-order valence-corrected chi connectivity index (χ4v) is 5.12. The second-order valence-electron chi connectivity index (χ2n) is 10.3. The molecule has 0 radical (unpaired) electrons. The number of carboxylic acid groups (broad SMARTS) is 1. The third-order valence-corrected chi connectivity index (χ3v) is 7.52. The molecule has 8 nitrogen and oxygen atoms in total. The van der Waals surface area contributed by atoms with Gasteiger partial charge in [-0.3, -0.25) is 24.0 Å². The van der Waals surface area contributed by atoms with Crippen molar-refractivity contribution >= 4 is 40.9 Å². The Bertz CT molecular complexity index is 1190. The minimum atomic E-state index is -4.92. The largest absolute Gasteiger partial charge is 0.481 e. The first-order valence-electron chi connectivity index (χ1n) is 12.1. The molecule has 13 heteroatoms. The maximum atomic E-state index is 14.3. The van der Waals surface area contributed by atoms with Crippen LogP contribution in [0.25, 0.3) is 0 Å². The summed E-state index contributed by atoms with van der Waals surface area (Å²) in [7, 11) is 0. The number of pyridine rings is 1. The molecule has 1 N–H and O–H groups in total. The Morgan fingerprint density at radius 1 is 1.16 bits per heavy atom. The van der Waals surface area contributed by atoms with Gasteiger partial charge in [-0.05, 0) is 44.9 Å². The minimum Gasteiger partial charge on any atom is -0.481 e. The Hall–Kier alpha value is -2.66. The van der Waals surface area contributed by atoms with Crippen LogP contribution in [0.1, 0.15) is 85.3 Å². The average molecular weight is 577 g/mol. The van der Waals surface area contributed by atoms with Gasteiger partial charge in [0.05, 0.1) is 45.4 Å². The third kappa shape index (κ3) is 6.48. The number of rotatable bonds is 9. The summed E-state index contributed by atoms with van der Waals surface area (Å²) >= 11 is 12.2. The van der Waals surface area contributed by atoms with Gasteiger partial charge in [-0.25, -0.2) is 0 Å². The van der Waals surface area contributed by atoms with Crippen LogP contribution in [0.2, 0.25) is 10.0 Å². The number of nitrogens with zero attached hydrogens (tertiary/aromatic N) is 4. The van der Waals surface area contributed by atoms with Crippen LogP contribution >= 0.6 is 23.2 Å². The molecule has 0 atom stereocenters. The lowest BCUT2D eigenvalue weighted by Crippen LogP contribution is -2.38. The average Bonchev–Trinajstić information content (AvgIpc) is 3.27. The van der Waals surface area contributed by atoms with Crippen molar-refractivity contribution in [3.05, 3.63) is 45.5 Å². The molecule has 2 aromatic rings. The topological polar surface area (TPSA) is 105 Å². The number of halogens is 5. The van der Waals surface area contributed by atoms with E-state index < -0.39 is 53.1 Å². The molecule has 1 aliphatic rings. The van der Waals surface area contributed by atoms with Crippen molar-refractivity contribution in [1.29, 1.82) is 0 Å². The molecular formula is C25H29Cl2F3N4O4.